The van der Waals surface area contributed by atoms with Gasteiger partial charge >= 0.3 is 5.69 Å². The second-order valence-corrected chi connectivity index (χ2v) is 6.92. The first kappa shape index (κ1) is 17.4. The fourth-order valence-electron chi connectivity index (χ4n) is 3.57. The van der Waals surface area contributed by atoms with E-state index in [0.717, 1.165) is 30.3 Å². The third kappa shape index (κ3) is 3.12. The molecule has 0 aliphatic heterocycles. The van der Waals surface area contributed by atoms with E-state index in [1.54, 1.807) is 25.6 Å². The standard InChI is InChI=1S/C17H25N5O3/c1-11(15(23)19-12-8-6-4-5-7-9-12)22-16(24)13-14(18-10-20(13)2)21(3)17(22)25/h10-12H,4-9H2,1-3H3,(H,19,23)/t11-/m0/s1. The highest BCUT2D eigenvalue weighted by molar-refractivity contribution is 5.80. The number of rotatable bonds is 3. The van der Waals surface area contributed by atoms with Crippen LogP contribution in [0.1, 0.15) is 51.5 Å². The van der Waals surface area contributed by atoms with Crippen LogP contribution < -0.4 is 16.6 Å². The normalized spacial score (nSPS) is 17.4. The Hall–Kier alpha value is -2.38. The lowest BCUT2D eigenvalue weighted by Crippen LogP contribution is -2.47. The van der Waals surface area contributed by atoms with E-state index in [0.29, 0.717) is 11.2 Å². The molecule has 8 heteroatoms. The molecule has 0 radical (unpaired) electrons. The minimum atomic E-state index is -0.867. The highest BCUT2D eigenvalue weighted by Gasteiger charge is 2.25. The van der Waals surface area contributed by atoms with E-state index in [1.807, 2.05) is 0 Å². The number of aromatic nitrogens is 4. The zero-order valence-corrected chi connectivity index (χ0v) is 15.0. The summed E-state index contributed by atoms with van der Waals surface area (Å²) in [5.74, 6) is -0.285. The molecule has 0 bridgehead atoms. The Labute approximate surface area is 145 Å². The van der Waals surface area contributed by atoms with Crippen LogP contribution in [0.25, 0.3) is 11.2 Å². The van der Waals surface area contributed by atoms with Crippen LogP contribution in [0.3, 0.4) is 0 Å². The lowest BCUT2D eigenvalue weighted by Gasteiger charge is -2.20. The van der Waals surface area contributed by atoms with Crippen LogP contribution in [0.5, 0.6) is 0 Å². The van der Waals surface area contributed by atoms with Gasteiger partial charge in [-0.3, -0.25) is 14.2 Å². The van der Waals surface area contributed by atoms with E-state index in [9.17, 15) is 14.4 Å². The summed E-state index contributed by atoms with van der Waals surface area (Å²) in [6.07, 6.45) is 7.98. The lowest BCUT2D eigenvalue weighted by atomic mass is 10.1. The van der Waals surface area contributed by atoms with Crippen molar-refractivity contribution in [2.75, 3.05) is 0 Å². The van der Waals surface area contributed by atoms with Crippen molar-refractivity contribution in [3.8, 4) is 0 Å². The number of hydrogen-bond acceptors (Lipinski definition) is 4. The quantitative estimate of drug-likeness (QED) is 0.833. The minimum Gasteiger partial charge on any atom is -0.352 e. The summed E-state index contributed by atoms with van der Waals surface area (Å²) < 4.78 is 3.91. The molecular formula is C17H25N5O3. The molecule has 0 saturated heterocycles. The number of aryl methyl sites for hydroxylation is 2. The summed E-state index contributed by atoms with van der Waals surface area (Å²) in [6, 6.07) is -0.744. The molecule has 0 aromatic carbocycles. The van der Waals surface area contributed by atoms with Crippen molar-refractivity contribution in [2.45, 2.75) is 57.5 Å². The first-order chi connectivity index (χ1) is 11.9. The van der Waals surface area contributed by atoms with Crippen molar-refractivity contribution in [3.63, 3.8) is 0 Å². The zero-order valence-electron chi connectivity index (χ0n) is 15.0. The molecule has 1 N–H and O–H groups in total. The van der Waals surface area contributed by atoms with Gasteiger partial charge in [-0.15, -0.1) is 0 Å². The van der Waals surface area contributed by atoms with E-state index in [4.69, 9.17) is 0 Å². The smallest absolute Gasteiger partial charge is 0.333 e. The Morgan fingerprint density at radius 3 is 2.48 bits per heavy atom. The predicted molar refractivity (Wildman–Crippen MR) is 94.6 cm³/mol. The average Bonchev–Trinajstić information content (AvgIpc) is 2.79. The van der Waals surface area contributed by atoms with Gasteiger partial charge < -0.3 is 9.88 Å². The summed E-state index contributed by atoms with van der Waals surface area (Å²) in [5, 5.41) is 3.02. The molecule has 1 aliphatic rings. The molecule has 2 heterocycles. The Balaban J connectivity index is 1.95. The van der Waals surface area contributed by atoms with Gasteiger partial charge in [0.25, 0.3) is 5.56 Å². The van der Waals surface area contributed by atoms with Crippen LogP contribution in [-0.2, 0) is 18.9 Å². The van der Waals surface area contributed by atoms with Crippen molar-refractivity contribution in [3.05, 3.63) is 27.2 Å². The van der Waals surface area contributed by atoms with Crippen LogP contribution in [0.15, 0.2) is 15.9 Å². The zero-order chi connectivity index (χ0) is 18.1. The molecule has 0 spiro atoms. The van der Waals surface area contributed by atoms with Gasteiger partial charge in [0.1, 0.15) is 6.04 Å². The van der Waals surface area contributed by atoms with E-state index in [-0.39, 0.29) is 11.9 Å². The molecule has 3 rings (SSSR count). The summed E-state index contributed by atoms with van der Waals surface area (Å²) in [6.45, 7) is 1.59. The van der Waals surface area contributed by atoms with Crippen LogP contribution in [-0.4, -0.2) is 30.6 Å². The largest absolute Gasteiger partial charge is 0.352 e. The van der Waals surface area contributed by atoms with Crippen LogP contribution in [0.2, 0.25) is 0 Å². The topological polar surface area (TPSA) is 90.9 Å². The Morgan fingerprint density at radius 1 is 1.20 bits per heavy atom. The highest BCUT2D eigenvalue weighted by Crippen LogP contribution is 2.18. The number of fused-ring (bicyclic) bond motifs is 1. The number of hydrogen-bond donors (Lipinski definition) is 1. The van der Waals surface area contributed by atoms with Gasteiger partial charge in [0.15, 0.2) is 11.2 Å². The summed E-state index contributed by atoms with van der Waals surface area (Å²) >= 11 is 0. The van der Waals surface area contributed by atoms with Gasteiger partial charge in [-0.2, -0.15) is 0 Å². The van der Waals surface area contributed by atoms with Gasteiger partial charge in [0.05, 0.1) is 6.33 Å². The van der Waals surface area contributed by atoms with Crippen molar-refractivity contribution < 1.29 is 4.79 Å². The monoisotopic (exact) mass is 347 g/mol. The predicted octanol–water partition coefficient (Wildman–Crippen LogP) is 0.834. The third-order valence-corrected chi connectivity index (χ3v) is 5.12. The van der Waals surface area contributed by atoms with E-state index in [2.05, 4.69) is 10.3 Å². The number of carbonyl (C=O) groups is 1. The molecule has 1 amide bonds. The summed E-state index contributed by atoms with van der Waals surface area (Å²) in [7, 11) is 3.26. The minimum absolute atomic E-state index is 0.123. The first-order valence-electron chi connectivity index (χ1n) is 8.84. The summed E-state index contributed by atoms with van der Waals surface area (Å²) in [5.41, 5.74) is -0.373. The molecule has 1 fully saturated rings. The molecule has 136 valence electrons. The molecule has 2 aromatic heterocycles. The maximum absolute atomic E-state index is 12.8. The number of carbonyl (C=O) groups excluding carboxylic acids is 1. The van der Waals surface area contributed by atoms with Gasteiger partial charge in [-0.25, -0.2) is 14.3 Å². The van der Waals surface area contributed by atoms with E-state index < -0.39 is 17.3 Å². The summed E-state index contributed by atoms with van der Waals surface area (Å²) in [4.78, 5) is 42.1. The van der Waals surface area contributed by atoms with Gasteiger partial charge in [0, 0.05) is 20.1 Å². The van der Waals surface area contributed by atoms with Gasteiger partial charge in [0.2, 0.25) is 5.91 Å². The Bertz CT molecular complexity index is 899. The maximum Gasteiger partial charge on any atom is 0.333 e. The van der Waals surface area contributed by atoms with E-state index in [1.165, 1.54) is 23.7 Å². The molecule has 1 aliphatic carbocycles. The highest BCUT2D eigenvalue weighted by atomic mass is 16.2. The van der Waals surface area contributed by atoms with Crippen LogP contribution in [0, 0.1) is 0 Å². The lowest BCUT2D eigenvalue weighted by molar-refractivity contribution is -0.124. The number of nitrogens with zero attached hydrogens (tertiary/aromatic N) is 4. The fraction of sp³-hybridized carbons (Fsp3) is 0.647. The number of amides is 1. The molecular weight excluding hydrogens is 322 g/mol. The van der Waals surface area contributed by atoms with Gasteiger partial charge in [-0.1, -0.05) is 25.7 Å². The van der Waals surface area contributed by atoms with Crippen molar-refractivity contribution in [1.82, 2.24) is 24.0 Å². The SMILES string of the molecule is C[C@@H](C(=O)NC1CCCCCC1)n1c(=O)c2c(ncn2C)n(C)c1=O. The van der Waals surface area contributed by atoms with Crippen molar-refractivity contribution in [1.29, 1.82) is 0 Å². The van der Waals surface area contributed by atoms with Crippen LogP contribution in [0.4, 0.5) is 0 Å². The number of imidazole rings is 1. The Morgan fingerprint density at radius 2 is 1.84 bits per heavy atom. The molecule has 8 nitrogen and oxygen atoms in total. The maximum atomic E-state index is 12.8. The van der Waals surface area contributed by atoms with Crippen LogP contribution >= 0.6 is 0 Å². The van der Waals surface area contributed by atoms with Gasteiger partial charge in [-0.05, 0) is 19.8 Å². The Kier molecular flexibility index (Phi) is 4.78. The third-order valence-electron chi connectivity index (χ3n) is 5.12. The van der Waals surface area contributed by atoms with Crippen molar-refractivity contribution >= 4 is 17.1 Å². The average molecular weight is 347 g/mol. The second-order valence-electron chi connectivity index (χ2n) is 6.92. The molecule has 1 atom stereocenters. The first-order valence-corrected chi connectivity index (χ1v) is 8.84. The molecule has 0 unspecified atom stereocenters. The number of nitrogens with one attached hydrogen (secondary N) is 1. The molecule has 25 heavy (non-hydrogen) atoms. The molecule has 2 aromatic rings. The van der Waals surface area contributed by atoms with E-state index >= 15 is 0 Å². The fourth-order valence-corrected chi connectivity index (χ4v) is 3.57. The molecule has 1 saturated carbocycles. The van der Waals surface area contributed by atoms with Crippen molar-refractivity contribution in [2.24, 2.45) is 14.1 Å². The second kappa shape index (κ2) is 6.85.